The minimum absolute atomic E-state index is 0.204. The maximum Gasteiger partial charge on any atom is 0.451 e. The van der Waals surface area contributed by atoms with Crippen molar-refractivity contribution in [1.82, 2.24) is 4.57 Å². The van der Waals surface area contributed by atoms with Gasteiger partial charge in [-0.2, -0.15) is 13.2 Å². The van der Waals surface area contributed by atoms with Crippen LogP contribution in [0.15, 0.2) is 48.7 Å². The molecule has 0 atom stereocenters. The number of carbonyl (C=O) groups is 1. The lowest BCUT2D eigenvalue weighted by molar-refractivity contribution is -0.171. The van der Waals surface area contributed by atoms with Crippen LogP contribution in [0, 0.1) is 0 Å². The zero-order chi connectivity index (χ0) is 19.8. The first-order valence-corrected chi connectivity index (χ1v) is 8.34. The third-order valence-electron chi connectivity index (χ3n) is 4.22. The zero-order valence-electron chi connectivity index (χ0n) is 14.0. The van der Waals surface area contributed by atoms with Crippen LogP contribution in [0.25, 0.3) is 22.0 Å². The van der Waals surface area contributed by atoms with Crippen LogP contribution < -0.4 is 5.73 Å². The highest BCUT2D eigenvalue weighted by atomic mass is 32.1. The Morgan fingerprint density at radius 3 is 2.56 bits per heavy atom. The molecule has 0 unspecified atom stereocenters. The molecule has 0 fully saturated rings. The molecule has 2 aromatic carbocycles. The van der Waals surface area contributed by atoms with E-state index in [1.807, 2.05) is 0 Å². The van der Waals surface area contributed by atoms with Gasteiger partial charge in [-0.25, -0.2) is 0 Å². The molecule has 1 aromatic heterocycles. The number of alkyl halides is 3. The minimum atomic E-state index is -4.92. The molecule has 0 spiro atoms. The molecule has 8 heteroatoms. The van der Waals surface area contributed by atoms with Crippen molar-refractivity contribution >= 4 is 33.9 Å². The summed E-state index contributed by atoms with van der Waals surface area (Å²) in [5, 5.41) is 9.99. The number of hydrogen-bond donors (Lipinski definition) is 2. The Hall–Kier alpha value is -2.71. The predicted molar refractivity (Wildman–Crippen MR) is 100 cm³/mol. The Morgan fingerprint density at radius 2 is 1.93 bits per heavy atom. The molecule has 3 N–H and O–H groups in total. The van der Waals surface area contributed by atoms with Crippen LogP contribution in [0.2, 0.25) is 0 Å². The van der Waals surface area contributed by atoms with Gasteiger partial charge in [-0.3, -0.25) is 4.79 Å². The number of nitrogens with zero attached hydrogens (tertiary/aromatic N) is 1. The van der Waals surface area contributed by atoms with E-state index in [-0.39, 0.29) is 11.6 Å². The van der Waals surface area contributed by atoms with Crippen molar-refractivity contribution in [3.05, 3.63) is 59.8 Å². The molecule has 0 aliphatic carbocycles. The van der Waals surface area contributed by atoms with Gasteiger partial charge < -0.3 is 15.4 Å². The molecule has 3 rings (SSSR count). The van der Waals surface area contributed by atoms with Crippen molar-refractivity contribution in [3.8, 4) is 11.1 Å². The molecule has 140 valence electrons. The van der Waals surface area contributed by atoms with E-state index in [0.29, 0.717) is 33.2 Å². The Morgan fingerprint density at radius 1 is 1.19 bits per heavy atom. The highest BCUT2D eigenvalue weighted by Gasteiger charge is 2.38. The molecule has 4 nitrogen and oxygen atoms in total. The van der Waals surface area contributed by atoms with Crippen molar-refractivity contribution in [2.24, 2.45) is 5.73 Å². The van der Waals surface area contributed by atoms with E-state index < -0.39 is 18.5 Å². The Labute approximate surface area is 158 Å². The average molecular weight is 392 g/mol. The number of fused-ring (bicyclic) bond motifs is 1. The fourth-order valence-electron chi connectivity index (χ4n) is 2.88. The molecule has 0 saturated carbocycles. The summed E-state index contributed by atoms with van der Waals surface area (Å²) in [5.74, 6) is -1.85. The molecule has 0 bridgehead atoms. The van der Waals surface area contributed by atoms with Gasteiger partial charge in [0.2, 0.25) is 0 Å². The van der Waals surface area contributed by atoms with Crippen molar-refractivity contribution in [2.75, 3.05) is 0 Å². The first kappa shape index (κ1) is 19.1. The minimum Gasteiger partial charge on any atom is -0.392 e. The molecule has 3 aromatic rings. The Bertz CT molecular complexity index is 1040. The summed E-state index contributed by atoms with van der Waals surface area (Å²) in [6.45, 7) is -1.11. The van der Waals surface area contributed by atoms with Crippen molar-refractivity contribution in [2.45, 2.75) is 19.3 Å². The van der Waals surface area contributed by atoms with Crippen LogP contribution in [-0.4, -0.2) is 26.6 Å². The van der Waals surface area contributed by atoms with Gasteiger partial charge in [0.15, 0.2) is 0 Å². The SMILES string of the molecule is NC(=S)c1cccc(-c2cn(CC(=O)C(F)(F)F)c3cc(CO)ccc23)c1. The number of thiocarbonyl (C=S) groups is 1. The van der Waals surface area contributed by atoms with Crippen LogP contribution in [0.1, 0.15) is 11.1 Å². The fourth-order valence-corrected chi connectivity index (χ4v) is 3.01. The monoisotopic (exact) mass is 392 g/mol. The summed E-state index contributed by atoms with van der Waals surface area (Å²) in [7, 11) is 0. The van der Waals surface area contributed by atoms with Crippen molar-refractivity contribution < 1.29 is 23.1 Å². The van der Waals surface area contributed by atoms with Gasteiger partial charge in [-0.1, -0.05) is 42.5 Å². The predicted octanol–water partition coefficient (Wildman–Crippen LogP) is 3.57. The van der Waals surface area contributed by atoms with Gasteiger partial charge in [0.05, 0.1) is 13.2 Å². The van der Waals surface area contributed by atoms with E-state index in [1.165, 1.54) is 10.8 Å². The van der Waals surface area contributed by atoms with Crippen LogP contribution in [0.3, 0.4) is 0 Å². The molecule has 0 radical (unpaired) electrons. The number of ketones is 1. The molecule has 0 aliphatic rings. The number of aromatic nitrogens is 1. The highest BCUT2D eigenvalue weighted by molar-refractivity contribution is 7.80. The fraction of sp³-hybridized carbons (Fsp3) is 0.158. The number of aliphatic hydroxyl groups is 1. The Balaban J connectivity index is 2.18. The van der Waals surface area contributed by atoms with E-state index in [2.05, 4.69) is 0 Å². The van der Waals surface area contributed by atoms with E-state index in [9.17, 15) is 23.1 Å². The summed E-state index contributed by atoms with van der Waals surface area (Å²) in [6.07, 6.45) is -3.43. The molecule has 0 amide bonds. The normalized spacial score (nSPS) is 11.7. The number of benzene rings is 2. The topological polar surface area (TPSA) is 68.2 Å². The molecule has 27 heavy (non-hydrogen) atoms. The summed E-state index contributed by atoms with van der Waals surface area (Å²) in [4.78, 5) is 11.7. The van der Waals surface area contributed by atoms with Crippen LogP contribution in [-0.2, 0) is 17.9 Å². The van der Waals surface area contributed by atoms with E-state index in [0.717, 1.165) is 0 Å². The van der Waals surface area contributed by atoms with Gasteiger partial charge in [0.25, 0.3) is 5.78 Å². The largest absolute Gasteiger partial charge is 0.451 e. The molecular weight excluding hydrogens is 377 g/mol. The quantitative estimate of drug-likeness (QED) is 0.652. The van der Waals surface area contributed by atoms with Gasteiger partial charge >= 0.3 is 6.18 Å². The summed E-state index contributed by atoms with van der Waals surface area (Å²) >= 11 is 4.98. The standard InChI is InChI=1S/C19H15F3N2O2S/c20-19(21,22)17(26)9-24-8-15(12-2-1-3-13(7-12)18(23)27)14-5-4-11(10-25)6-16(14)24/h1-8,25H,9-10H2,(H2,23,27). The lowest BCUT2D eigenvalue weighted by Crippen LogP contribution is -2.26. The summed E-state index contributed by atoms with van der Waals surface area (Å²) < 4.78 is 39.4. The molecular formula is C19H15F3N2O2S. The third-order valence-corrected chi connectivity index (χ3v) is 4.45. The number of hydrogen-bond acceptors (Lipinski definition) is 3. The highest BCUT2D eigenvalue weighted by Crippen LogP contribution is 2.32. The maximum atomic E-state index is 12.7. The number of halogens is 3. The van der Waals surface area contributed by atoms with Gasteiger partial charge in [-0.05, 0) is 23.3 Å². The van der Waals surface area contributed by atoms with E-state index in [4.69, 9.17) is 18.0 Å². The first-order chi connectivity index (χ1) is 12.7. The van der Waals surface area contributed by atoms with Gasteiger partial charge in [-0.15, -0.1) is 0 Å². The number of aliphatic hydroxyl groups excluding tert-OH is 1. The average Bonchev–Trinajstić information content (AvgIpc) is 2.98. The smallest absolute Gasteiger partial charge is 0.392 e. The lowest BCUT2D eigenvalue weighted by atomic mass is 10.0. The van der Waals surface area contributed by atoms with Crippen LogP contribution in [0.4, 0.5) is 13.2 Å². The van der Waals surface area contributed by atoms with Crippen LogP contribution >= 0.6 is 12.2 Å². The number of nitrogens with two attached hydrogens (primary N) is 1. The summed E-state index contributed by atoms with van der Waals surface area (Å²) in [6, 6.07) is 12.0. The van der Waals surface area contributed by atoms with Gasteiger partial charge in [0, 0.05) is 28.2 Å². The number of rotatable bonds is 5. The third kappa shape index (κ3) is 3.86. The second-order valence-corrected chi connectivity index (χ2v) is 6.49. The number of Topliss-reactive ketones (excluding diaryl/α,β-unsaturated/α-hetero) is 1. The van der Waals surface area contributed by atoms with Gasteiger partial charge in [0.1, 0.15) is 4.99 Å². The summed E-state index contributed by atoms with van der Waals surface area (Å²) in [5.41, 5.74) is 8.59. The molecule has 1 heterocycles. The number of carbonyl (C=O) groups excluding carboxylic acids is 1. The van der Waals surface area contributed by atoms with Crippen molar-refractivity contribution in [1.29, 1.82) is 0 Å². The zero-order valence-corrected chi connectivity index (χ0v) is 14.8. The van der Waals surface area contributed by atoms with Crippen LogP contribution in [0.5, 0.6) is 0 Å². The lowest BCUT2D eigenvalue weighted by Gasteiger charge is -2.08. The first-order valence-electron chi connectivity index (χ1n) is 7.93. The Kier molecular flexibility index (Phi) is 5.03. The molecule has 0 saturated heterocycles. The second-order valence-electron chi connectivity index (χ2n) is 6.05. The van der Waals surface area contributed by atoms with Crippen molar-refractivity contribution in [3.63, 3.8) is 0 Å². The maximum absolute atomic E-state index is 12.7. The van der Waals surface area contributed by atoms with E-state index >= 15 is 0 Å². The van der Waals surface area contributed by atoms with E-state index in [1.54, 1.807) is 42.5 Å². The second kappa shape index (κ2) is 7.13. The molecule has 0 aliphatic heterocycles.